The van der Waals surface area contributed by atoms with Gasteiger partial charge in [-0.05, 0) is 48.5 Å². The number of thiophene rings is 2. The topological polar surface area (TPSA) is 30.7 Å². The van der Waals surface area contributed by atoms with E-state index in [0.29, 0.717) is 0 Å². The first-order valence-corrected chi connectivity index (χ1v) is 16.6. The summed E-state index contributed by atoms with van der Waals surface area (Å²) < 4.78 is 6.29. The van der Waals surface area contributed by atoms with Crippen molar-refractivity contribution in [1.29, 1.82) is 0 Å². The SMILES string of the molecule is c1ccc(-c2nc(-c3ccc(-n4c5ccccc5c5c6sc7ccccc7c6ccc54)cc3)nc3sc4ccccc4c23)cc1. The highest BCUT2D eigenvalue weighted by Crippen LogP contribution is 2.44. The summed E-state index contributed by atoms with van der Waals surface area (Å²) in [6.45, 7) is 0. The average Bonchev–Trinajstić information content (AvgIpc) is 3.77. The number of hydrogen-bond acceptors (Lipinski definition) is 4. The zero-order chi connectivity index (χ0) is 29.5. The molecule has 0 unspecified atom stereocenters. The van der Waals surface area contributed by atoms with Crippen molar-refractivity contribution in [2.24, 2.45) is 0 Å². The molecule has 3 nitrogen and oxygen atoms in total. The molecule has 6 aromatic carbocycles. The minimum Gasteiger partial charge on any atom is -0.309 e. The Morgan fingerprint density at radius 1 is 0.444 bits per heavy atom. The van der Waals surface area contributed by atoms with Gasteiger partial charge in [-0.2, -0.15) is 0 Å². The molecule has 4 heterocycles. The maximum absolute atomic E-state index is 5.20. The Labute approximate surface area is 266 Å². The van der Waals surface area contributed by atoms with Crippen LogP contribution in [0.4, 0.5) is 0 Å². The lowest BCUT2D eigenvalue weighted by Gasteiger charge is -2.10. The highest BCUT2D eigenvalue weighted by atomic mass is 32.1. The maximum atomic E-state index is 5.20. The number of fused-ring (bicyclic) bond motifs is 10. The molecular formula is C40H23N3S2. The minimum absolute atomic E-state index is 0.744. The normalized spacial score (nSPS) is 12.0. The molecular weight excluding hydrogens is 587 g/mol. The standard InChI is InChI=1S/C40H23N3S2/c1-2-10-24(11-3-1)37-36-30-14-6-9-17-34(30)45-40(36)42-39(41-37)25-18-20-26(21-19-25)43-31-15-7-4-13-29(31)35-32(43)23-22-28-27-12-5-8-16-33(27)44-38(28)35/h1-23H. The molecule has 0 N–H and O–H groups in total. The molecule has 0 fully saturated rings. The summed E-state index contributed by atoms with van der Waals surface area (Å²) in [5.74, 6) is 0.744. The van der Waals surface area contributed by atoms with E-state index in [2.05, 4.69) is 138 Å². The number of hydrogen-bond donors (Lipinski definition) is 0. The summed E-state index contributed by atoms with van der Waals surface area (Å²) in [7, 11) is 0. The molecule has 0 aliphatic carbocycles. The van der Waals surface area contributed by atoms with Crippen molar-refractivity contribution < 1.29 is 0 Å². The van der Waals surface area contributed by atoms with Crippen LogP contribution < -0.4 is 0 Å². The lowest BCUT2D eigenvalue weighted by atomic mass is 10.1. The second kappa shape index (κ2) is 9.57. The van der Waals surface area contributed by atoms with E-state index in [9.17, 15) is 0 Å². The van der Waals surface area contributed by atoms with Crippen LogP contribution in [0.1, 0.15) is 0 Å². The molecule has 0 bridgehead atoms. The largest absolute Gasteiger partial charge is 0.309 e. The van der Waals surface area contributed by atoms with Gasteiger partial charge in [0.1, 0.15) is 4.83 Å². The van der Waals surface area contributed by atoms with Crippen LogP contribution in [0.3, 0.4) is 0 Å². The van der Waals surface area contributed by atoms with Crippen molar-refractivity contribution in [1.82, 2.24) is 14.5 Å². The first-order valence-electron chi connectivity index (χ1n) is 15.0. The molecule has 5 heteroatoms. The molecule has 0 aliphatic heterocycles. The zero-order valence-electron chi connectivity index (χ0n) is 23.9. The van der Waals surface area contributed by atoms with Gasteiger partial charge in [-0.1, -0.05) is 91.0 Å². The van der Waals surface area contributed by atoms with Crippen molar-refractivity contribution >= 4 is 85.0 Å². The van der Waals surface area contributed by atoms with Gasteiger partial charge >= 0.3 is 0 Å². The summed E-state index contributed by atoms with van der Waals surface area (Å²) in [6, 6.07) is 49.8. The van der Waals surface area contributed by atoms with Crippen molar-refractivity contribution in [3.63, 3.8) is 0 Å². The second-order valence-corrected chi connectivity index (χ2v) is 13.5. The number of rotatable bonds is 3. The number of aromatic nitrogens is 3. The molecule has 10 rings (SSSR count). The highest BCUT2D eigenvalue weighted by Gasteiger charge is 2.19. The van der Waals surface area contributed by atoms with E-state index in [-0.39, 0.29) is 0 Å². The number of benzene rings is 6. The molecule has 210 valence electrons. The van der Waals surface area contributed by atoms with Crippen LogP contribution in [-0.4, -0.2) is 14.5 Å². The van der Waals surface area contributed by atoms with Crippen LogP contribution in [0.25, 0.3) is 90.6 Å². The van der Waals surface area contributed by atoms with E-state index < -0.39 is 0 Å². The van der Waals surface area contributed by atoms with Gasteiger partial charge in [0, 0.05) is 63.2 Å². The summed E-state index contributed by atoms with van der Waals surface area (Å²) in [6.07, 6.45) is 0. The van der Waals surface area contributed by atoms with Gasteiger partial charge in [0.15, 0.2) is 5.82 Å². The zero-order valence-corrected chi connectivity index (χ0v) is 25.6. The minimum atomic E-state index is 0.744. The van der Waals surface area contributed by atoms with Crippen LogP contribution in [0.2, 0.25) is 0 Å². The fraction of sp³-hybridized carbons (Fsp3) is 0. The van der Waals surface area contributed by atoms with E-state index in [1.165, 1.54) is 52.1 Å². The average molecular weight is 610 g/mol. The quantitative estimate of drug-likeness (QED) is 0.199. The van der Waals surface area contributed by atoms with Gasteiger partial charge in [-0.15, -0.1) is 22.7 Å². The Morgan fingerprint density at radius 2 is 1.13 bits per heavy atom. The Balaban J connectivity index is 1.17. The summed E-state index contributed by atoms with van der Waals surface area (Å²) in [5.41, 5.74) is 6.63. The lowest BCUT2D eigenvalue weighted by molar-refractivity contribution is 1.18. The molecule has 45 heavy (non-hydrogen) atoms. The van der Waals surface area contributed by atoms with Gasteiger partial charge in [-0.3, -0.25) is 0 Å². The Hall–Kier alpha value is -5.36. The van der Waals surface area contributed by atoms with Crippen molar-refractivity contribution in [3.8, 4) is 28.3 Å². The molecule has 0 amide bonds. The van der Waals surface area contributed by atoms with Crippen molar-refractivity contribution in [3.05, 3.63) is 140 Å². The third-order valence-electron chi connectivity index (χ3n) is 8.85. The van der Waals surface area contributed by atoms with Gasteiger partial charge < -0.3 is 4.57 Å². The van der Waals surface area contributed by atoms with E-state index in [1.54, 1.807) is 11.3 Å². The van der Waals surface area contributed by atoms with Gasteiger partial charge in [0.05, 0.1) is 16.7 Å². The fourth-order valence-electron chi connectivity index (χ4n) is 6.83. The Bertz CT molecular complexity index is 2750. The Morgan fingerprint density at radius 3 is 1.96 bits per heavy atom. The van der Waals surface area contributed by atoms with Gasteiger partial charge in [0.2, 0.25) is 0 Å². The highest BCUT2D eigenvalue weighted by molar-refractivity contribution is 7.27. The molecule has 0 aliphatic rings. The van der Waals surface area contributed by atoms with E-state index >= 15 is 0 Å². The van der Waals surface area contributed by atoms with Gasteiger partial charge in [-0.25, -0.2) is 9.97 Å². The van der Waals surface area contributed by atoms with Crippen LogP contribution in [-0.2, 0) is 0 Å². The molecule has 0 radical (unpaired) electrons. The van der Waals surface area contributed by atoms with Crippen LogP contribution in [0, 0.1) is 0 Å². The lowest BCUT2D eigenvalue weighted by Crippen LogP contribution is -1.96. The van der Waals surface area contributed by atoms with Crippen LogP contribution in [0.5, 0.6) is 0 Å². The molecule has 0 spiro atoms. The van der Waals surface area contributed by atoms with Crippen molar-refractivity contribution in [2.75, 3.05) is 0 Å². The van der Waals surface area contributed by atoms with E-state index in [1.807, 2.05) is 17.4 Å². The monoisotopic (exact) mass is 609 g/mol. The third-order valence-corrected chi connectivity index (χ3v) is 11.1. The first kappa shape index (κ1) is 25.0. The van der Waals surface area contributed by atoms with Gasteiger partial charge in [0.25, 0.3) is 0 Å². The number of nitrogens with zero attached hydrogens (tertiary/aromatic N) is 3. The first-order chi connectivity index (χ1) is 22.3. The summed E-state index contributed by atoms with van der Waals surface area (Å²) in [5, 5.41) is 7.58. The van der Waals surface area contributed by atoms with E-state index in [4.69, 9.17) is 9.97 Å². The Kier molecular flexibility index (Phi) is 5.32. The summed E-state index contributed by atoms with van der Waals surface area (Å²) in [4.78, 5) is 11.3. The predicted molar refractivity (Wildman–Crippen MR) is 193 cm³/mol. The summed E-state index contributed by atoms with van der Waals surface area (Å²) >= 11 is 3.62. The van der Waals surface area contributed by atoms with Crippen LogP contribution in [0.15, 0.2) is 140 Å². The van der Waals surface area contributed by atoms with Crippen molar-refractivity contribution in [2.45, 2.75) is 0 Å². The third kappa shape index (κ3) is 3.69. The molecule has 0 atom stereocenters. The molecule has 4 aromatic heterocycles. The fourth-order valence-corrected chi connectivity index (χ4v) is 9.16. The smallest absolute Gasteiger partial charge is 0.161 e. The number of para-hydroxylation sites is 1. The molecule has 10 aromatic rings. The maximum Gasteiger partial charge on any atom is 0.161 e. The molecule has 0 saturated carbocycles. The second-order valence-electron chi connectivity index (χ2n) is 11.4. The van der Waals surface area contributed by atoms with E-state index in [0.717, 1.165) is 38.5 Å². The van der Waals surface area contributed by atoms with Crippen LogP contribution >= 0.6 is 22.7 Å². The molecule has 0 saturated heterocycles. The predicted octanol–water partition coefficient (Wildman–Crippen LogP) is 11.6.